The van der Waals surface area contributed by atoms with E-state index in [9.17, 15) is 9.59 Å². The summed E-state index contributed by atoms with van der Waals surface area (Å²) in [6, 6.07) is 17.8. The average molecular weight is 450 g/mol. The maximum Gasteiger partial charge on any atom is 0.286 e. The molecule has 2 amide bonds. The molecule has 0 aliphatic carbocycles. The molecule has 0 radical (unpaired) electrons. The minimum Gasteiger partial charge on any atom is -0.356 e. The minimum atomic E-state index is -0.287. The molecule has 1 aromatic heterocycles. The third-order valence-electron chi connectivity index (χ3n) is 5.44. The van der Waals surface area contributed by atoms with E-state index in [0.29, 0.717) is 35.1 Å². The summed E-state index contributed by atoms with van der Waals surface area (Å²) < 4.78 is 0. The van der Waals surface area contributed by atoms with E-state index in [-0.39, 0.29) is 11.8 Å². The van der Waals surface area contributed by atoms with Gasteiger partial charge in [0.05, 0.1) is 0 Å². The quantitative estimate of drug-likeness (QED) is 0.490. The highest BCUT2D eigenvalue weighted by molar-refractivity contribution is 7.13. The summed E-state index contributed by atoms with van der Waals surface area (Å²) in [7, 11) is 0. The van der Waals surface area contributed by atoms with Crippen LogP contribution < -0.4 is 10.6 Å². The van der Waals surface area contributed by atoms with Crippen LogP contribution in [0, 0.1) is 0 Å². The summed E-state index contributed by atoms with van der Waals surface area (Å²) in [5.74, 6) is -0.288. The fourth-order valence-corrected chi connectivity index (χ4v) is 4.47. The van der Waals surface area contributed by atoms with Gasteiger partial charge in [-0.3, -0.25) is 14.5 Å². The number of amides is 2. The van der Waals surface area contributed by atoms with Crippen LogP contribution in [0.1, 0.15) is 38.8 Å². The summed E-state index contributed by atoms with van der Waals surface area (Å²) >= 11 is 1.22. The number of hydrogen-bond acceptors (Lipinski definition) is 6. The molecular formula is C24H27N5O2S. The maximum atomic E-state index is 12.3. The van der Waals surface area contributed by atoms with Gasteiger partial charge >= 0.3 is 0 Å². The van der Waals surface area contributed by atoms with Crippen LogP contribution in [0.4, 0.5) is 5.69 Å². The second-order valence-corrected chi connectivity index (χ2v) is 8.88. The summed E-state index contributed by atoms with van der Waals surface area (Å²) in [4.78, 5) is 26.9. The maximum absolute atomic E-state index is 12.3. The molecule has 0 unspecified atom stereocenters. The lowest BCUT2D eigenvalue weighted by Gasteiger charge is -2.28. The number of benzene rings is 2. The van der Waals surface area contributed by atoms with E-state index >= 15 is 0 Å². The number of rotatable bonds is 9. The molecule has 166 valence electrons. The lowest BCUT2D eigenvalue weighted by atomic mass is 10.00. The first-order valence-corrected chi connectivity index (χ1v) is 11.7. The van der Waals surface area contributed by atoms with Crippen molar-refractivity contribution >= 4 is 28.8 Å². The molecule has 4 rings (SSSR count). The van der Waals surface area contributed by atoms with Gasteiger partial charge in [-0.05, 0) is 36.1 Å². The van der Waals surface area contributed by atoms with Crippen molar-refractivity contribution in [1.82, 2.24) is 20.4 Å². The number of carbonyl (C=O) groups excluding carboxylic acids is 2. The van der Waals surface area contributed by atoms with Crippen molar-refractivity contribution in [3.05, 3.63) is 75.7 Å². The van der Waals surface area contributed by atoms with Crippen LogP contribution in [0.25, 0.3) is 0 Å². The van der Waals surface area contributed by atoms with E-state index in [0.717, 1.165) is 32.5 Å². The van der Waals surface area contributed by atoms with Gasteiger partial charge in [-0.15, -0.1) is 10.2 Å². The minimum absolute atomic E-state index is 0.000484. The highest BCUT2D eigenvalue weighted by Gasteiger charge is 2.16. The normalized spacial score (nSPS) is 13.4. The third kappa shape index (κ3) is 6.21. The zero-order chi connectivity index (χ0) is 22.2. The van der Waals surface area contributed by atoms with E-state index in [2.05, 4.69) is 50.0 Å². The van der Waals surface area contributed by atoms with Crippen LogP contribution in [0.2, 0.25) is 0 Å². The van der Waals surface area contributed by atoms with Crippen molar-refractivity contribution in [3.8, 4) is 0 Å². The first-order chi connectivity index (χ1) is 15.7. The van der Waals surface area contributed by atoms with Crippen LogP contribution in [0.3, 0.4) is 0 Å². The van der Waals surface area contributed by atoms with E-state index < -0.39 is 0 Å². The largest absolute Gasteiger partial charge is 0.356 e. The number of anilines is 1. The van der Waals surface area contributed by atoms with Gasteiger partial charge in [-0.1, -0.05) is 53.8 Å². The number of aryl methyl sites for hydroxylation is 1. The Morgan fingerprint density at radius 1 is 1.00 bits per heavy atom. The Balaban J connectivity index is 1.13. The number of fused-ring (bicyclic) bond motifs is 1. The molecule has 0 fully saturated rings. The van der Waals surface area contributed by atoms with Crippen LogP contribution in [-0.2, 0) is 24.2 Å². The van der Waals surface area contributed by atoms with E-state index in [4.69, 9.17) is 0 Å². The van der Waals surface area contributed by atoms with Gasteiger partial charge in [-0.2, -0.15) is 0 Å². The number of para-hydroxylation sites is 1. The smallest absolute Gasteiger partial charge is 0.286 e. The van der Waals surface area contributed by atoms with Crippen LogP contribution in [0.5, 0.6) is 0 Å². The molecule has 2 aromatic carbocycles. The summed E-state index contributed by atoms with van der Waals surface area (Å²) in [5.41, 5.74) is 3.58. The monoisotopic (exact) mass is 449 g/mol. The molecule has 0 spiro atoms. The molecule has 0 saturated carbocycles. The zero-order valence-corrected chi connectivity index (χ0v) is 18.7. The van der Waals surface area contributed by atoms with Crippen molar-refractivity contribution in [2.75, 3.05) is 25.0 Å². The Kier molecular flexibility index (Phi) is 7.58. The highest BCUT2D eigenvalue weighted by atomic mass is 32.1. The molecule has 2 heterocycles. The molecule has 3 aromatic rings. The fraction of sp³-hybridized carbons (Fsp3) is 0.333. The molecule has 1 aliphatic rings. The van der Waals surface area contributed by atoms with Gasteiger partial charge in [-0.25, -0.2) is 0 Å². The zero-order valence-electron chi connectivity index (χ0n) is 17.9. The summed E-state index contributed by atoms with van der Waals surface area (Å²) in [5, 5.41) is 14.8. The fourth-order valence-electron chi connectivity index (χ4n) is 3.74. The van der Waals surface area contributed by atoms with Crippen LogP contribution >= 0.6 is 11.3 Å². The summed E-state index contributed by atoms with van der Waals surface area (Å²) in [6.45, 7) is 3.70. The Hall–Kier alpha value is -3.10. The molecule has 0 bridgehead atoms. The molecule has 32 heavy (non-hydrogen) atoms. The predicted octanol–water partition coefficient (Wildman–Crippen LogP) is 3.29. The standard InChI is InChI=1S/C24H27N5O2S/c30-21(25-14-6-15-29-16-13-18-7-4-5-8-19(18)17-29)11-12-22-27-28-24(32-22)23(31)26-20-9-2-1-3-10-20/h1-5,7-10H,6,11-17H2,(H,25,30)(H,26,31). The Morgan fingerprint density at radius 3 is 2.62 bits per heavy atom. The molecule has 0 atom stereocenters. The molecule has 8 heteroatoms. The van der Waals surface area contributed by atoms with Crippen molar-refractivity contribution < 1.29 is 9.59 Å². The van der Waals surface area contributed by atoms with E-state index in [1.54, 1.807) is 0 Å². The molecule has 7 nitrogen and oxygen atoms in total. The van der Waals surface area contributed by atoms with Crippen LogP contribution in [0.15, 0.2) is 54.6 Å². The van der Waals surface area contributed by atoms with Gasteiger partial charge in [0.25, 0.3) is 5.91 Å². The van der Waals surface area contributed by atoms with Gasteiger partial charge in [0, 0.05) is 44.7 Å². The molecule has 2 N–H and O–H groups in total. The number of carbonyl (C=O) groups is 2. The van der Waals surface area contributed by atoms with Gasteiger partial charge < -0.3 is 10.6 Å². The number of nitrogens with zero attached hydrogens (tertiary/aromatic N) is 3. The number of nitrogens with one attached hydrogen (secondary N) is 2. The average Bonchev–Trinajstić information content (AvgIpc) is 3.30. The highest BCUT2D eigenvalue weighted by Crippen LogP contribution is 2.18. The van der Waals surface area contributed by atoms with E-state index in [1.807, 2.05) is 30.3 Å². The Bertz CT molecular complexity index is 1050. The molecule has 0 saturated heterocycles. The predicted molar refractivity (Wildman–Crippen MR) is 126 cm³/mol. The third-order valence-corrected chi connectivity index (χ3v) is 6.42. The first-order valence-electron chi connectivity index (χ1n) is 10.9. The lowest BCUT2D eigenvalue weighted by molar-refractivity contribution is -0.121. The lowest BCUT2D eigenvalue weighted by Crippen LogP contribution is -2.33. The van der Waals surface area contributed by atoms with E-state index in [1.165, 1.54) is 22.5 Å². The first kappa shape index (κ1) is 22.1. The number of aromatic nitrogens is 2. The van der Waals surface area contributed by atoms with Crippen LogP contribution in [-0.4, -0.2) is 46.5 Å². The Morgan fingerprint density at radius 2 is 1.78 bits per heavy atom. The van der Waals surface area contributed by atoms with Crippen molar-refractivity contribution in [3.63, 3.8) is 0 Å². The van der Waals surface area contributed by atoms with Gasteiger partial charge in [0.15, 0.2) is 0 Å². The van der Waals surface area contributed by atoms with Gasteiger partial charge in [0.2, 0.25) is 10.9 Å². The SMILES string of the molecule is O=C(CCc1nnc(C(=O)Nc2ccccc2)s1)NCCCN1CCc2ccccc2C1. The van der Waals surface area contributed by atoms with Crippen molar-refractivity contribution in [2.45, 2.75) is 32.2 Å². The second-order valence-electron chi connectivity index (χ2n) is 7.82. The van der Waals surface area contributed by atoms with Crippen molar-refractivity contribution in [1.29, 1.82) is 0 Å². The topological polar surface area (TPSA) is 87.2 Å². The summed E-state index contributed by atoms with van der Waals surface area (Å²) in [6.07, 6.45) is 2.84. The molecule has 1 aliphatic heterocycles. The molecular weight excluding hydrogens is 422 g/mol. The van der Waals surface area contributed by atoms with Crippen molar-refractivity contribution in [2.24, 2.45) is 0 Å². The second kappa shape index (κ2) is 11.0. The number of hydrogen-bond donors (Lipinski definition) is 2. The Labute approximate surface area is 191 Å². The van der Waals surface area contributed by atoms with Gasteiger partial charge in [0.1, 0.15) is 5.01 Å².